The Balaban J connectivity index is 1.79. The maximum absolute atomic E-state index is 15.2. The second-order valence-electron chi connectivity index (χ2n) is 11.2. The van der Waals surface area contributed by atoms with E-state index in [0.29, 0.717) is 70.3 Å². The van der Waals surface area contributed by atoms with Gasteiger partial charge in [0, 0.05) is 39.0 Å². The van der Waals surface area contributed by atoms with Crippen molar-refractivity contribution >= 4 is 47.6 Å². The first-order chi connectivity index (χ1) is 18.5. The normalized spacial score (nSPS) is 12.2. The minimum absolute atomic E-state index is 0.242. The zero-order valence-corrected chi connectivity index (χ0v) is 25.3. The van der Waals surface area contributed by atoms with Gasteiger partial charge in [0.1, 0.15) is 29.5 Å². The number of hydrogen-bond donors (Lipinski definition) is 1. The number of amides is 1. The van der Waals surface area contributed by atoms with Crippen molar-refractivity contribution in [3.8, 4) is 11.4 Å². The van der Waals surface area contributed by atoms with Gasteiger partial charge in [-0.1, -0.05) is 38.2 Å². The van der Waals surface area contributed by atoms with Crippen LogP contribution in [0, 0.1) is 5.82 Å². The van der Waals surface area contributed by atoms with Gasteiger partial charge in [0.15, 0.2) is 5.65 Å². The van der Waals surface area contributed by atoms with Crippen LogP contribution in [0.3, 0.4) is 0 Å². The number of rotatable bonds is 12. The standard InChI is InChI=1S/C27H37ClFN7O2Si/c1-7-8-30-27(37)19-16-35(17-38-11-12-39(4,5)6)26-24(19)32-21(15-31-26)25-23-20(29)13-18(28)14-22(23)36(33-25)10-9-34(2)3/h13-16H,7-12,17H2,1-6H3,(H,30,37). The summed E-state index contributed by atoms with van der Waals surface area (Å²) in [5, 5.41) is 8.25. The number of hydrogen-bond acceptors (Lipinski definition) is 6. The molecular formula is C27H37ClFN7O2Si. The van der Waals surface area contributed by atoms with E-state index in [9.17, 15) is 4.79 Å². The lowest BCUT2D eigenvalue weighted by Crippen LogP contribution is -2.24. The van der Waals surface area contributed by atoms with E-state index in [4.69, 9.17) is 26.4 Å². The monoisotopic (exact) mass is 573 g/mol. The van der Waals surface area contributed by atoms with Crippen molar-refractivity contribution in [2.45, 2.75) is 52.3 Å². The zero-order chi connectivity index (χ0) is 28.3. The van der Waals surface area contributed by atoms with Crippen LogP contribution >= 0.6 is 11.6 Å². The van der Waals surface area contributed by atoms with Crippen molar-refractivity contribution in [2.24, 2.45) is 0 Å². The van der Waals surface area contributed by atoms with Crippen LogP contribution in [-0.2, 0) is 18.0 Å². The molecule has 0 unspecified atom stereocenters. The van der Waals surface area contributed by atoms with Gasteiger partial charge in [-0.25, -0.2) is 14.4 Å². The van der Waals surface area contributed by atoms with Gasteiger partial charge in [0.25, 0.3) is 5.91 Å². The Morgan fingerprint density at radius 3 is 2.72 bits per heavy atom. The lowest BCUT2D eigenvalue weighted by Gasteiger charge is -2.15. The smallest absolute Gasteiger partial charge is 0.255 e. The quantitative estimate of drug-likeness (QED) is 0.184. The van der Waals surface area contributed by atoms with Crippen LogP contribution in [0.1, 0.15) is 23.7 Å². The second-order valence-corrected chi connectivity index (χ2v) is 17.3. The van der Waals surface area contributed by atoms with Crippen molar-refractivity contribution in [3.63, 3.8) is 0 Å². The highest BCUT2D eigenvalue weighted by molar-refractivity contribution is 6.76. The number of carbonyl (C=O) groups is 1. The molecule has 0 spiro atoms. The lowest BCUT2D eigenvalue weighted by molar-refractivity contribution is 0.0892. The van der Waals surface area contributed by atoms with Crippen LogP contribution in [0.5, 0.6) is 0 Å². The molecule has 0 aliphatic carbocycles. The number of fused-ring (bicyclic) bond motifs is 2. The third-order valence-electron chi connectivity index (χ3n) is 6.34. The number of nitrogens with zero attached hydrogens (tertiary/aromatic N) is 6. The maximum Gasteiger partial charge on any atom is 0.255 e. The van der Waals surface area contributed by atoms with Gasteiger partial charge in [0.2, 0.25) is 0 Å². The molecule has 0 atom stereocenters. The summed E-state index contributed by atoms with van der Waals surface area (Å²) in [6, 6.07) is 4.01. The molecule has 4 aromatic rings. The largest absolute Gasteiger partial charge is 0.361 e. The average Bonchev–Trinajstić information content (AvgIpc) is 3.41. The minimum Gasteiger partial charge on any atom is -0.361 e. The van der Waals surface area contributed by atoms with E-state index in [2.05, 4.69) is 29.9 Å². The Morgan fingerprint density at radius 1 is 1.26 bits per heavy atom. The fraction of sp³-hybridized carbons (Fsp3) is 0.481. The topological polar surface area (TPSA) is 90.1 Å². The second kappa shape index (κ2) is 12.1. The fourth-order valence-electron chi connectivity index (χ4n) is 4.17. The molecule has 1 N–H and O–H groups in total. The van der Waals surface area contributed by atoms with Gasteiger partial charge in [-0.2, -0.15) is 5.10 Å². The number of halogens is 2. The van der Waals surface area contributed by atoms with Crippen LogP contribution in [0.2, 0.25) is 30.7 Å². The molecule has 9 nitrogen and oxygen atoms in total. The molecule has 39 heavy (non-hydrogen) atoms. The van der Waals surface area contributed by atoms with E-state index in [0.717, 1.165) is 12.5 Å². The minimum atomic E-state index is -1.24. The lowest BCUT2D eigenvalue weighted by atomic mass is 10.1. The van der Waals surface area contributed by atoms with Gasteiger partial charge in [-0.05, 0) is 38.7 Å². The Kier molecular flexibility index (Phi) is 9.05. The van der Waals surface area contributed by atoms with Crippen LogP contribution in [-0.4, -0.2) is 77.0 Å². The van der Waals surface area contributed by atoms with Crippen molar-refractivity contribution in [2.75, 3.05) is 33.8 Å². The number of ether oxygens (including phenoxy) is 1. The molecule has 3 aromatic heterocycles. The highest BCUT2D eigenvalue weighted by Gasteiger charge is 2.23. The number of benzene rings is 1. The van der Waals surface area contributed by atoms with E-state index in [1.54, 1.807) is 27.7 Å². The van der Waals surface area contributed by atoms with Crippen molar-refractivity contribution < 1.29 is 13.9 Å². The molecule has 210 valence electrons. The number of nitrogens with one attached hydrogen (secondary N) is 1. The van der Waals surface area contributed by atoms with E-state index >= 15 is 4.39 Å². The predicted octanol–water partition coefficient (Wildman–Crippen LogP) is 5.25. The molecule has 0 saturated heterocycles. The van der Waals surface area contributed by atoms with E-state index in [1.165, 1.54) is 6.07 Å². The number of carbonyl (C=O) groups excluding carboxylic acids is 1. The van der Waals surface area contributed by atoms with Gasteiger partial charge in [0.05, 0.1) is 29.2 Å². The Morgan fingerprint density at radius 2 is 2.03 bits per heavy atom. The van der Waals surface area contributed by atoms with Gasteiger partial charge >= 0.3 is 0 Å². The third kappa shape index (κ3) is 6.83. The highest BCUT2D eigenvalue weighted by atomic mass is 35.5. The van der Waals surface area contributed by atoms with Crippen LogP contribution in [0.4, 0.5) is 4.39 Å². The van der Waals surface area contributed by atoms with Crippen LogP contribution in [0.25, 0.3) is 33.5 Å². The first-order valence-electron chi connectivity index (χ1n) is 13.2. The molecule has 0 aliphatic heterocycles. The summed E-state index contributed by atoms with van der Waals surface area (Å²) in [6.45, 7) is 11.6. The van der Waals surface area contributed by atoms with Crippen LogP contribution in [0.15, 0.2) is 24.5 Å². The molecule has 0 aliphatic rings. The third-order valence-corrected chi connectivity index (χ3v) is 8.27. The molecule has 3 heterocycles. The van der Waals surface area contributed by atoms with E-state index in [1.807, 2.05) is 25.9 Å². The molecular weight excluding hydrogens is 537 g/mol. The molecule has 0 bridgehead atoms. The molecule has 1 aromatic carbocycles. The number of aromatic nitrogens is 5. The summed E-state index contributed by atoms with van der Waals surface area (Å²) in [5.41, 5.74) is 2.63. The van der Waals surface area contributed by atoms with Crippen molar-refractivity contribution in [3.05, 3.63) is 40.9 Å². The Hall–Kier alpha value is -2.86. The Labute approximate surface area is 234 Å². The maximum atomic E-state index is 15.2. The summed E-state index contributed by atoms with van der Waals surface area (Å²) in [4.78, 5) is 24.5. The van der Waals surface area contributed by atoms with Crippen molar-refractivity contribution in [1.29, 1.82) is 0 Å². The summed E-state index contributed by atoms with van der Waals surface area (Å²) in [7, 11) is 2.68. The number of likely N-dealkylation sites (N-methyl/N-ethyl adjacent to an activating group) is 1. The fourth-order valence-corrected chi connectivity index (χ4v) is 5.13. The first-order valence-corrected chi connectivity index (χ1v) is 17.3. The van der Waals surface area contributed by atoms with E-state index in [-0.39, 0.29) is 12.6 Å². The summed E-state index contributed by atoms with van der Waals surface area (Å²) in [6.07, 6.45) is 4.10. The SMILES string of the molecule is CCCNC(=O)c1cn(COCC[Si](C)(C)C)c2ncc(-c3nn(CCN(C)C)c4cc(Cl)cc(F)c34)nc12. The van der Waals surface area contributed by atoms with Gasteiger partial charge < -0.3 is 19.5 Å². The summed E-state index contributed by atoms with van der Waals surface area (Å²) >= 11 is 6.19. The molecule has 0 radical (unpaired) electrons. The average molecular weight is 574 g/mol. The Bertz CT molecular complexity index is 1480. The molecule has 0 saturated carbocycles. The van der Waals surface area contributed by atoms with Gasteiger partial charge in [-0.15, -0.1) is 0 Å². The zero-order valence-electron chi connectivity index (χ0n) is 23.5. The highest BCUT2D eigenvalue weighted by Crippen LogP contribution is 2.32. The summed E-state index contributed by atoms with van der Waals surface area (Å²) in [5.74, 6) is -0.728. The first kappa shape index (κ1) is 29.1. The van der Waals surface area contributed by atoms with Gasteiger partial charge in [-0.3, -0.25) is 9.48 Å². The molecule has 4 rings (SSSR count). The van der Waals surface area contributed by atoms with Crippen molar-refractivity contribution in [1.82, 2.24) is 34.5 Å². The van der Waals surface area contributed by atoms with E-state index < -0.39 is 13.9 Å². The predicted molar refractivity (Wildman–Crippen MR) is 157 cm³/mol. The summed E-state index contributed by atoms with van der Waals surface area (Å²) < 4.78 is 24.7. The molecule has 0 fully saturated rings. The molecule has 1 amide bonds. The van der Waals surface area contributed by atoms with Crippen LogP contribution < -0.4 is 5.32 Å². The molecule has 12 heteroatoms.